The number of carbonyl (C=O) groups is 2. The molecule has 0 aliphatic carbocycles. The van der Waals surface area contributed by atoms with Crippen molar-refractivity contribution in [3.05, 3.63) is 81.6 Å². The number of hydrogen-bond acceptors (Lipinski definition) is 4. The zero-order valence-electron chi connectivity index (χ0n) is 18.4. The third-order valence-electron chi connectivity index (χ3n) is 5.34. The van der Waals surface area contributed by atoms with Crippen LogP contribution in [0.25, 0.3) is 11.8 Å². The van der Waals surface area contributed by atoms with Crippen molar-refractivity contribution in [1.29, 1.82) is 0 Å². The van der Waals surface area contributed by atoms with Crippen LogP contribution in [-0.2, 0) is 9.59 Å². The number of halogens is 1. The SMILES string of the molecule is CCOc1cccc(N2C(=O)/C(=C\c3cc(C)n(-c4ccc(Br)cc4)c3C)C(=O)NC2=S)c1. The van der Waals surface area contributed by atoms with Gasteiger partial charge in [0.05, 0.1) is 12.3 Å². The van der Waals surface area contributed by atoms with Gasteiger partial charge in [-0.1, -0.05) is 22.0 Å². The fraction of sp³-hybridized carbons (Fsp3) is 0.160. The van der Waals surface area contributed by atoms with E-state index in [1.807, 2.05) is 51.1 Å². The average molecular weight is 524 g/mol. The van der Waals surface area contributed by atoms with Crippen molar-refractivity contribution in [1.82, 2.24) is 9.88 Å². The van der Waals surface area contributed by atoms with E-state index in [1.165, 1.54) is 4.90 Å². The van der Waals surface area contributed by atoms with Crippen LogP contribution < -0.4 is 15.0 Å². The van der Waals surface area contributed by atoms with Crippen LogP contribution in [-0.4, -0.2) is 28.1 Å². The van der Waals surface area contributed by atoms with Crippen LogP contribution in [0.5, 0.6) is 5.75 Å². The maximum atomic E-state index is 13.4. The summed E-state index contributed by atoms with van der Waals surface area (Å²) >= 11 is 8.77. The van der Waals surface area contributed by atoms with Gasteiger partial charge in [0.1, 0.15) is 11.3 Å². The van der Waals surface area contributed by atoms with Crippen molar-refractivity contribution in [2.45, 2.75) is 20.8 Å². The Morgan fingerprint density at radius 3 is 2.48 bits per heavy atom. The number of anilines is 1. The predicted octanol–water partition coefficient (Wildman–Crippen LogP) is 5.09. The molecule has 3 aromatic rings. The normalized spacial score (nSPS) is 15.2. The van der Waals surface area contributed by atoms with Gasteiger partial charge in [-0.2, -0.15) is 0 Å². The number of nitrogens with zero attached hydrogens (tertiary/aromatic N) is 2. The van der Waals surface area contributed by atoms with Gasteiger partial charge in [-0.05, 0) is 87.1 Å². The minimum Gasteiger partial charge on any atom is -0.494 e. The molecule has 0 unspecified atom stereocenters. The molecule has 2 aromatic carbocycles. The third-order valence-corrected chi connectivity index (χ3v) is 6.16. The molecular formula is C25H22BrN3O3S. The molecule has 168 valence electrons. The van der Waals surface area contributed by atoms with Crippen LogP contribution in [0.1, 0.15) is 23.9 Å². The first kappa shape index (κ1) is 22.9. The number of aryl methyl sites for hydroxylation is 1. The monoisotopic (exact) mass is 523 g/mol. The Morgan fingerprint density at radius 2 is 1.79 bits per heavy atom. The quantitative estimate of drug-likeness (QED) is 0.287. The molecule has 1 aliphatic heterocycles. The summed E-state index contributed by atoms with van der Waals surface area (Å²) in [6.07, 6.45) is 1.62. The van der Waals surface area contributed by atoms with Gasteiger partial charge in [0.15, 0.2) is 5.11 Å². The Bertz CT molecular complexity index is 1290. The van der Waals surface area contributed by atoms with E-state index in [2.05, 4.69) is 25.8 Å². The second-order valence-corrected chi connectivity index (χ2v) is 8.83. The van der Waals surface area contributed by atoms with E-state index in [0.717, 1.165) is 27.1 Å². The fourth-order valence-electron chi connectivity index (χ4n) is 3.85. The summed E-state index contributed by atoms with van der Waals surface area (Å²) in [6, 6.07) is 17.0. The van der Waals surface area contributed by atoms with Gasteiger partial charge in [-0.3, -0.25) is 19.8 Å². The third kappa shape index (κ3) is 4.49. The van der Waals surface area contributed by atoms with E-state index in [9.17, 15) is 9.59 Å². The lowest BCUT2D eigenvalue weighted by molar-refractivity contribution is -0.122. The lowest BCUT2D eigenvalue weighted by Crippen LogP contribution is -2.54. The van der Waals surface area contributed by atoms with Gasteiger partial charge in [0.2, 0.25) is 0 Å². The average Bonchev–Trinajstić information content (AvgIpc) is 3.05. The van der Waals surface area contributed by atoms with Crippen LogP contribution in [0.4, 0.5) is 5.69 Å². The van der Waals surface area contributed by atoms with Gasteiger partial charge in [0, 0.05) is 27.6 Å². The predicted molar refractivity (Wildman–Crippen MR) is 137 cm³/mol. The summed E-state index contributed by atoms with van der Waals surface area (Å²) in [5.74, 6) is -0.382. The highest BCUT2D eigenvalue weighted by Crippen LogP contribution is 2.28. The summed E-state index contributed by atoms with van der Waals surface area (Å²) in [5, 5.41) is 2.67. The number of aromatic nitrogens is 1. The maximum Gasteiger partial charge on any atom is 0.270 e. The number of thiocarbonyl (C=S) groups is 1. The zero-order chi connectivity index (χ0) is 23.7. The molecule has 0 bridgehead atoms. The smallest absolute Gasteiger partial charge is 0.270 e. The Labute approximate surface area is 206 Å². The van der Waals surface area contributed by atoms with Crippen LogP contribution in [0, 0.1) is 13.8 Å². The van der Waals surface area contributed by atoms with E-state index in [-0.39, 0.29) is 10.7 Å². The highest BCUT2D eigenvalue weighted by atomic mass is 79.9. The van der Waals surface area contributed by atoms with Gasteiger partial charge >= 0.3 is 0 Å². The Kier molecular flexibility index (Phi) is 6.49. The molecule has 0 radical (unpaired) electrons. The molecule has 1 saturated heterocycles. The molecule has 0 spiro atoms. The standard InChI is InChI=1S/C25H22BrN3O3S/c1-4-32-21-7-5-6-20(14-21)29-24(31)22(23(30)27-25(29)33)13-17-12-15(2)28(16(17)3)19-10-8-18(26)9-11-19/h5-14H,4H2,1-3H3,(H,27,30,33)/b22-13-. The largest absolute Gasteiger partial charge is 0.494 e. The number of ether oxygens (including phenoxy) is 1. The molecule has 4 rings (SSSR count). The second kappa shape index (κ2) is 9.33. The minimum atomic E-state index is -0.518. The summed E-state index contributed by atoms with van der Waals surface area (Å²) in [5.41, 5.74) is 4.23. The van der Waals surface area contributed by atoms with E-state index >= 15 is 0 Å². The summed E-state index contributed by atoms with van der Waals surface area (Å²) in [6.45, 7) is 6.33. The molecule has 2 heterocycles. The summed E-state index contributed by atoms with van der Waals surface area (Å²) in [4.78, 5) is 27.4. The van der Waals surface area contributed by atoms with E-state index in [0.29, 0.717) is 18.0 Å². The van der Waals surface area contributed by atoms with Crippen molar-refractivity contribution in [3.8, 4) is 11.4 Å². The number of carbonyl (C=O) groups excluding carboxylic acids is 2. The van der Waals surface area contributed by atoms with Crippen molar-refractivity contribution >= 4 is 56.8 Å². The first-order chi connectivity index (χ1) is 15.8. The maximum absolute atomic E-state index is 13.4. The molecule has 8 heteroatoms. The molecule has 6 nitrogen and oxygen atoms in total. The molecule has 1 fully saturated rings. The van der Waals surface area contributed by atoms with Crippen LogP contribution in [0.2, 0.25) is 0 Å². The number of amides is 2. The van der Waals surface area contributed by atoms with Gasteiger partial charge in [0.25, 0.3) is 11.8 Å². The first-order valence-corrected chi connectivity index (χ1v) is 11.6. The molecule has 1 aromatic heterocycles. The minimum absolute atomic E-state index is 0.0152. The lowest BCUT2D eigenvalue weighted by atomic mass is 10.1. The Morgan fingerprint density at radius 1 is 1.06 bits per heavy atom. The Balaban J connectivity index is 1.73. The van der Waals surface area contributed by atoms with Crippen LogP contribution in [0.15, 0.2) is 64.6 Å². The highest BCUT2D eigenvalue weighted by Gasteiger charge is 2.35. The second-order valence-electron chi connectivity index (χ2n) is 7.53. The van der Waals surface area contributed by atoms with Crippen LogP contribution >= 0.6 is 28.1 Å². The zero-order valence-corrected chi connectivity index (χ0v) is 20.8. The fourth-order valence-corrected chi connectivity index (χ4v) is 4.39. The summed E-state index contributed by atoms with van der Waals surface area (Å²) < 4.78 is 8.62. The van der Waals surface area contributed by atoms with E-state index in [4.69, 9.17) is 17.0 Å². The molecular weight excluding hydrogens is 502 g/mol. The van der Waals surface area contributed by atoms with Crippen molar-refractivity contribution in [2.75, 3.05) is 11.5 Å². The Hall–Kier alpha value is -3.23. The van der Waals surface area contributed by atoms with E-state index < -0.39 is 11.8 Å². The molecule has 1 aliphatic rings. The van der Waals surface area contributed by atoms with Crippen molar-refractivity contribution in [2.24, 2.45) is 0 Å². The van der Waals surface area contributed by atoms with Gasteiger partial charge in [-0.15, -0.1) is 0 Å². The number of rotatable bonds is 5. The molecule has 0 saturated carbocycles. The van der Waals surface area contributed by atoms with Gasteiger partial charge in [-0.25, -0.2) is 0 Å². The number of hydrogen-bond donors (Lipinski definition) is 1. The molecule has 33 heavy (non-hydrogen) atoms. The van der Waals surface area contributed by atoms with Crippen molar-refractivity contribution < 1.29 is 14.3 Å². The topological polar surface area (TPSA) is 63.6 Å². The summed E-state index contributed by atoms with van der Waals surface area (Å²) in [7, 11) is 0. The molecule has 0 atom stereocenters. The highest BCUT2D eigenvalue weighted by molar-refractivity contribution is 9.10. The number of benzene rings is 2. The van der Waals surface area contributed by atoms with Crippen molar-refractivity contribution in [3.63, 3.8) is 0 Å². The first-order valence-electron chi connectivity index (χ1n) is 10.4. The molecule has 2 amide bonds. The van der Waals surface area contributed by atoms with E-state index in [1.54, 1.807) is 30.3 Å². The number of nitrogens with one attached hydrogen (secondary N) is 1. The van der Waals surface area contributed by atoms with Crippen LogP contribution in [0.3, 0.4) is 0 Å². The molecule has 1 N–H and O–H groups in total. The van der Waals surface area contributed by atoms with Gasteiger partial charge < -0.3 is 9.30 Å². The lowest BCUT2D eigenvalue weighted by Gasteiger charge is -2.29.